The van der Waals surface area contributed by atoms with Gasteiger partial charge in [0, 0.05) is 6.42 Å². The van der Waals surface area contributed by atoms with Crippen LogP contribution in [0, 0.1) is 0 Å². The maximum Gasteiger partial charge on any atom is 0.460 e. The van der Waals surface area contributed by atoms with Crippen LogP contribution in [-0.2, 0) is 4.74 Å². The Morgan fingerprint density at radius 3 is 1.80 bits per heavy atom. The highest BCUT2D eigenvalue weighted by Crippen LogP contribution is 2.54. The Bertz CT molecular complexity index is 454. The van der Waals surface area contributed by atoms with Gasteiger partial charge in [0.25, 0.3) is 0 Å². The summed E-state index contributed by atoms with van der Waals surface area (Å²) in [4.78, 5) is 0. The molecular formula is C12H15F9O4. The highest BCUT2D eigenvalue weighted by molar-refractivity contribution is 5.00. The number of ether oxygens (including phenoxy) is 1. The Labute approximate surface area is 135 Å². The molecule has 0 unspecified atom stereocenters. The zero-order chi connectivity index (χ0) is 19.8. The molecule has 0 aromatic rings. The Hall–Kier alpha value is -0.790. The Morgan fingerprint density at radius 1 is 0.800 bits per heavy atom. The first-order chi connectivity index (χ1) is 11.1. The Balaban J connectivity index is 2.72. The highest BCUT2D eigenvalue weighted by Gasteiger charge is 2.81. The molecule has 0 radical (unpaired) electrons. The molecule has 4 atom stereocenters. The van der Waals surface area contributed by atoms with Crippen LogP contribution in [0.3, 0.4) is 0 Å². The maximum atomic E-state index is 13.3. The predicted octanol–water partition coefficient (Wildman–Crippen LogP) is 2.11. The van der Waals surface area contributed by atoms with Crippen molar-refractivity contribution in [1.29, 1.82) is 0 Å². The molecular weight excluding hydrogens is 379 g/mol. The van der Waals surface area contributed by atoms with E-state index in [-0.39, 0.29) is 0 Å². The predicted molar refractivity (Wildman–Crippen MR) is 62.5 cm³/mol. The van der Waals surface area contributed by atoms with Gasteiger partial charge in [-0.25, -0.2) is 0 Å². The molecule has 150 valence electrons. The van der Waals surface area contributed by atoms with Crippen LogP contribution in [0.1, 0.15) is 19.3 Å². The van der Waals surface area contributed by atoms with Crippen LogP contribution in [0.4, 0.5) is 39.5 Å². The number of aliphatic hydroxyl groups excluding tert-OH is 3. The molecule has 1 heterocycles. The summed E-state index contributed by atoms with van der Waals surface area (Å²) in [5, 5.41) is 28.0. The average molecular weight is 394 g/mol. The van der Waals surface area contributed by atoms with Crippen LogP contribution < -0.4 is 0 Å². The fourth-order valence-corrected chi connectivity index (χ4v) is 2.21. The largest absolute Gasteiger partial charge is 0.460 e. The van der Waals surface area contributed by atoms with Gasteiger partial charge in [0.05, 0.1) is 12.7 Å². The molecule has 0 spiro atoms. The van der Waals surface area contributed by atoms with Gasteiger partial charge < -0.3 is 20.1 Å². The lowest BCUT2D eigenvalue weighted by Crippen LogP contribution is -2.60. The molecule has 1 fully saturated rings. The minimum absolute atomic E-state index is 0.512. The van der Waals surface area contributed by atoms with Crippen molar-refractivity contribution in [2.45, 2.75) is 67.6 Å². The third kappa shape index (κ3) is 4.14. The summed E-state index contributed by atoms with van der Waals surface area (Å²) in [6.07, 6.45) is -16.9. The van der Waals surface area contributed by atoms with Gasteiger partial charge in [-0.05, 0) is 12.8 Å². The van der Waals surface area contributed by atoms with Gasteiger partial charge in [-0.15, -0.1) is 0 Å². The zero-order valence-electron chi connectivity index (χ0n) is 12.3. The molecule has 0 bridgehead atoms. The van der Waals surface area contributed by atoms with Gasteiger partial charge in [0.2, 0.25) is 0 Å². The Morgan fingerprint density at radius 2 is 1.32 bits per heavy atom. The molecule has 1 aliphatic heterocycles. The molecule has 4 nitrogen and oxygen atoms in total. The van der Waals surface area contributed by atoms with Crippen molar-refractivity contribution in [2.24, 2.45) is 0 Å². The van der Waals surface area contributed by atoms with Crippen LogP contribution in [-0.4, -0.2) is 70.3 Å². The average Bonchev–Trinajstić information content (AvgIpc) is 2.45. The second-order valence-corrected chi connectivity index (χ2v) is 5.66. The first kappa shape index (κ1) is 22.3. The van der Waals surface area contributed by atoms with Gasteiger partial charge in [-0.3, -0.25) is 0 Å². The number of hydrogen-bond acceptors (Lipinski definition) is 4. The highest BCUT2D eigenvalue weighted by atomic mass is 19.4. The standard InChI is InChI=1S/C12H15F9O4/c13-9(14,10(15,16)11(17,18)12(19,20)21)3-1-2-6-8(24)7(23)5(22)4-25-6/h5-8,22-24H,1-4H2/t5-,6+,7+,8+/m1/s1. The normalized spacial score (nSPS) is 29.8. The van der Waals surface area contributed by atoms with Crippen LogP contribution >= 0.6 is 0 Å². The summed E-state index contributed by atoms with van der Waals surface area (Å²) >= 11 is 0. The van der Waals surface area contributed by atoms with E-state index in [1.807, 2.05) is 0 Å². The number of rotatable bonds is 6. The Kier molecular flexibility index (Phi) is 6.30. The number of aliphatic hydroxyl groups is 3. The van der Waals surface area contributed by atoms with Gasteiger partial charge in [-0.1, -0.05) is 0 Å². The monoisotopic (exact) mass is 394 g/mol. The van der Waals surface area contributed by atoms with E-state index in [0.717, 1.165) is 0 Å². The summed E-state index contributed by atoms with van der Waals surface area (Å²) in [5.41, 5.74) is 0. The fraction of sp³-hybridized carbons (Fsp3) is 1.00. The number of hydrogen-bond donors (Lipinski definition) is 3. The minimum Gasteiger partial charge on any atom is -0.388 e. The minimum atomic E-state index is -6.94. The van der Waals surface area contributed by atoms with E-state index in [0.29, 0.717) is 0 Å². The van der Waals surface area contributed by atoms with E-state index in [2.05, 4.69) is 0 Å². The van der Waals surface area contributed by atoms with Crippen molar-refractivity contribution in [3.63, 3.8) is 0 Å². The number of halogens is 9. The van der Waals surface area contributed by atoms with Gasteiger partial charge in [-0.2, -0.15) is 39.5 Å². The lowest BCUT2D eigenvalue weighted by Gasteiger charge is -2.36. The van der Waals surface area contributed by atoms with E-state index in [4.69, 9.17) is 9.84 Å². The molecule has 0 saturated carbocycles. The van der Waals surface area contributed by atoms with Crippen LogP contribution in [0.15, 0.2) is 0 Å². The zero-order valence-corrected chi connectivity index (χ0v) is 12.3. The summed E-state index contributed by atoms with van der Waals surface area (Å²) in [6.45, 7) is -0.512. The molecule has 25 heavy (non-hydrogen) atoms. The molecule has 0 aliphatic carbocycles. The van der Waals surface area contributed by atoms with Crippen LogP contribution in [0.5, 0.6) is 0 Å². The lowest BCUT2D eigenvalue weighted by atomic mass is 9.93. The fourth-order valence-electron chi connectivity index (χ4n) is 2.21. The topological polar surface area (TPSA) is 69.9 Å². The second kappa shape index (κ2) is 7.08. The SMILES string of the molecule is O[C@@H]1[C@@H](O)[C@H](CCCC(F)(F)C(F)(F)C(F)(F)C(F)(F)F)OC[C@H]1O. The van der Waals surface area contributed by atoms with E-state index < -0.39 is 74.2 Å². The van der Waals surface area contributed by atoms with Crippen molar-refractivity contribution in [3.8, 4) is 0 Å². The van der Waals surface area contributed by atoms with Crippen molar-refractivity contribution in [3.05, 3.63) is 0 Å². The van der Waals surface area contributed by atoms with Gasteiger partial charge >= 0.3 is 23.9 Å². The third-order valence-electron chi connectivity index (χ3n) is 3.80. The van der Waals surface area contributed by atoms with Crippen molar-refractivity contribution < 1.29 is 59.6 Å². The summed E-state index contributed by atoms with van der Waals surface area (Å²) in [7, 11) is 0. The summed E-state index contributed by atoms with van der Waals surface area (Å²) < 4.78 is 119. The smallest absolute Gasteiger partial charge is 0.388 e. The molecule has 1 saturated heterocycles. The second-order valence-electron chi connectivity index (χ2n) is 5.66. The van der Waals surface area contributed by atoms with Crippen LogP contribution in [0.25, 0.3) is 0 Å². The van der Waals surface area contributed by atoms with Crippen molar-refractivity contribution in [1.82, 2.24) is 0 Å². The molecule has 3 N–H and O–H groups in total. The van der Waals surface area contributed by atoms with E-state index in [9.17, 15) is 49.7 Å². The molecule has 0 amide bonds. The number of alkyl halides is 9. The molecule has 1 rings (SSSR count). The van der Waals surface area contributed by atoms with E-state index in [1.165, 1.54) is 0 Å². The van der Waals surface area contributed by atoms with Gasteiger partial charge in [0.15, 0.2) is 0 Å². The quantitative estimate of drug-likeness (QED) is 0.604. The first-order valence-electron chi connectivity index (χ1n) is 6.92. The lowest BCUT2D eigenvalue weighted by molar-refractivity contribution is -0.396. The molecule has 1 aliphatic rings. The van der Waals surface area contributed by atoms with Crippen molar-refractivity contribution >= 4 is 0 Å². The summed E-state index contributed by atoms with van der Waals surface area (Å²) in [6, 6.07) is 0. The molecule has 0 aromatic heterocycles. The van der Waals surface area contributed by atoms with E-state index >= 15 is 0 Å². The molecule has 13 heteroatoms. The summed E-state index contributed by atoms with van der Waals surface area (Å²) in [5.74, 6) is -19.3. The third-order valence-corrected chi connectivity index (χ3v) is 3.80. The van der Waals surface area contributed by atoms with Crippen molar-refractivity contribution in [2.75, 3.05) is 6.61 Å². The first-order valence-corrected chi connectivity index (χ1v) is 6.92. The maximum absolute atomic E-state index is 13.3. The van der Waals surface area contributed by atoms with E-state index in [1.54, 1.807) is 0 Å². The molecule has 0 aromatic carbocycles. The van der Waals surface area contributed by atoms with Crippen LogP contribution in [0.2, 0.25) is 0 Å². The van der Waals surface area contributed by atoms with Gasteiger partial charge in [0.1, 0.15) is 18.3 Å².